The number of carbonyl (C=O) groups is 2. The van der Waals surface area contributed by atoms with E-state index in [4.69, 9.17) is 16.8 Å². The summed E-state index contributed by atoms with van der Waals surface area (Å²) < 4.78 is 31.9. The van der Waals surface area contributed by atoms with Gasteiger partial charge in [0, 0.05) is 11.5 Å². The predicted octanol–water partition coefficient (Wildman–Crippen LogP) is -0.440. The molecule has 3 rings (SSSR count). The molecule has 12 nitrogen and oxygen atoms in total. The van der Waals surface area contributed by atoms with Crippen molar-refractivity contribution in [3.8, 4) is 0 Å². The van der Waals surface area contributed by atoms with Gasteiger partial charge in [0.25, 0.3) is 16.0 Å². The molecule has 0 bridgehead atoms. The molecule has 1 amide bonds. The Morgan fingerprint density at radius 1 is 1.48 bits per heavy atom. The number of rotatable bonds is 8. The Kier molecular flexibility index (Phi) is 6.47. The van der Waals surface area contributed by atoms with E-state index in [9.17, 15) is 23.1 Å². The molecule has 3 N–H and O–H groups in total. The number of fused-ring (bicyclic) bond motifs is 1. The van der Waals surface area contributed by atoms with E-state index in [2.05, 4.69) is 20.8 Å². The highest BCUT2D eigenvalue weighted by atomic mass is 32.2. The third-order valence-electron chi connectivity index (χ3n) is 4.05. The smallest absolute Gasteiger partial charge is 0.352 e. The highest BCUT2D eigenvalue weighted by Crippen LogP contribution is 2.41. The minimum Gasteiger partial charge on any atom is -0.477 e. The molecule has 0 saturated carbocycles. The van der Waals surface area contributed by atoms with Gasteiger partial charge in [-0.15, -0.1) is 16.9 Å². The molecule has 1 saturated heterocycles. The van der Waals surface area contributed by atoms with Crippen LogP contribution < -0.4 is 5.32 Å². The molecular weight excluding hydrogens is 464 g/mol. The van der Waals surface area contributed by atoms with Gasteiger partial charge in [-0.3, -0.25) is 14.2 Å². The first-order chi connectivity index (χ1) is 13.6. The molecule has 2 aliphatic heterocycles. The molecule has 1 fully saturated rings. The maximum atomic E-state index is 12.5. The van der Waals surface area contributed by atoms with Gasteiger partial charge in [0.2, 0.25) is 5.16 Å². The summed E-state index contributed by atoms with van der Waals surface area (Å²) >= 11 is 7.54. The summed E-state index contributed by atoms with van der Waals surface area (Å²) in [5.41, 5.74) is 0.385. The van der Waals surface area contributed by atoms with E-state index in [0.29, 0.717) is 22.7 Å². The summed E-state index contributed by atoms with van der Waals surface area (Å²) in [6.45, 7) is 1.86. The Hall–Kier alpha value is -1.75. The fourth-order valence-corrected chi connectivity index (χ4v) is 5.81. The van der Waals surface area contributed by atoms with Crippen LogP contribution in [0.25, 0.3) is 0 Å². The van der Waals surface area contributed by atoms with E-state index in [0.717, 1.165) is 16.4 Å². The van der Waals surface area contributed by atoms with Crippen LogP contribution in [0.4, 0.5) is 0 Å². The van der Waals surface area contributed by atoms with Gasteiger partial charge in [-0.05, 0) is 22.4 Å². The van der Waals surface area contributed by atoms with Crippen molar-refractivity contribution in [1.29, 1.82) is 0 Å². The number of aromatic nitrogens is 4. The van der Waals surface area contributed by atoms with Crippen LogP contribution in [-0.2, 0) is 25.6 Å². The zero-order valence-corrected chi connectivity index (χ0v) is 18.1. The highest BCUT2D eigenvalue weighted by Gasteiger charge is 2.53. The van der Waals surface area contributed by atoms with Crippen LogP contribution in [0.3, 0.4) is 0 Å². The van der Waals surface area contributed by atoms with Crippen LogP contribution >= 0.6 is 35.7 Å². The maximum Gasteiger partial charge on any atom is 0.352 e. The molecule has 1 unspecified atom stereocenters. The number of hydrogen-bond donors (Lipinski definition) is 3. The maximum absolute atomic E-state index is 12.5. The number of β-lactam (4-membered cyclic amide) rings is 1. The van der Waals surface area contributed by atoms with Gasteiger partial charge in [-0.25, -0.2) is 9.48 Å². The van der Waals surface area contributed by atoms with Crippen molar-refractivity contribution in [1.82, 2.24) is 30.4 Å². The quantitative estimate of drug-likeness (QED) is 0.190. The summed E-state index contributed by atoms with van der Waals surface area (Å²) in [7, 11) is -4.34. The van der Waals surface area contributed by atoms with E-state index in [1.165, 1.54) is 16.7 Å². The molecule has 1 aromatic heterocycles. The third-order valence-corrected chi connectivity index (χ3v) is 7.41. The van der Waals surface area contributed by atoms with Crippen LogP contribution in [-0.4, -0.2) is 83.0 Å². The van der Waals surface area contributed by atoms with Gasteiger partial charge in [0.05, 0.1) is 4.99 Å². The number of carbonyl (C=O) groups excluding carboxylic acids is 1. The molecular formula is C13H16N6O6S4. The lowest BCUT2D eigenvalue weighted by Gasteiger charge is -2.49. The molecule has 2 atom stereocenters. The predicted molar refractivity (Wildman–Crippen MR) is 108 cm³/mol. The Morgan fingerprint density at radius 2 is 2.21 bits per heavy atom. The minimum absolute atomic E-state index is 0.0924. The summed E-state index contributed by atoms with van der Waals surface area (Å²) in [5, 5.41) is 22.9. The van der Waals surface area contributed by atoms with E-state index in [1.807, 2.05) is 6.92 Å². The van der Waals surface area contributed by atoms with Crippen molar-refractivity contribution < 1.29 is 27.7 Å². The van der Waals surface area contributed by atoms with Crippen LogP contribution in [0.2, 0.25) is 0 Å². The highest BCUT2D eigenvalue weighted by molar-refractivity contribution is 8.01. The lowest BCUT2D eigenvalue weighted by molar-refractivity contribution is -0.148. The molecule has 29 heavy (non-hydrogen) atoms. The molecule has 0 spiro atoms. The van der Waals surface area contributed by atoms with Crippen molar-refractivity contribution in [3.63, 3.8) is 0 Å². The van der Waals surface area contributed by atoms with Crippen LogP contribution in [0.1, 0.15) is 13.3 Å². The lowest BCUT2D eigenvalue weighted by atomic mass is 10.0. The van der Waals surface area contributed by atoms with Gasteiger partial charge < -0.3 is 10.4 Å². The van der Waals surface area contributed by atoms with Crippen molar-refractivity contribution in [2.24, 2.45) is 0 Å². The Labute approximate surface area is 179 Å². The zero-order chi connectivity index (χ0) is 21.3. The molecule has 1 aromatic rings. The second-order valence-electron chi connectivity index (χ2n) is 6.03. The topological polar surface area (TPSA) is 168 Å². The summed E-state index contributed by atoms with van der Waals surface area (Å²) in [4.78, 5) is 26.1. The number of hydrogen-bond acceptors (Lipinski definition) is 10. The van der Waals surface area contributed by atoms with Crippen LogP contribution in [0, 0.1) is 0 Å². The third kappa shape index (κ3) is 4.71. The molecule has 2 aliphatic rings. The second-order valence-corrected chi connectivity index (χ2v) is 9.99. The lowest BCUT2D eigenvalue weighted by Crippen LogP contribution is -2.70. The normalized spacial score (nSPS) is 21.6. The standard InChI is InChI=1S/C13H16N6O6S4/c1-2-7(26)14-8-10(20)19-9(12(21)22)6(3-27-11(8)19)4-28-13-15-16-17-18(13)5-29(23,24)25/h8,11H,2-5H2,1H3,(H,14,26)(H,21,22)(H,23,24,25)/t8?,11-/m1/s1. The van der Waals surface area contributed by atoms with E-state index >= 15 is 0 Å². The first-order valence-electron chi connectivity index (χ1n) is 8.16. The minimum atomic E-state index is -4.34. The van der Waals surface area contributed by atoms with Gasteiger partial charge >= 0.3 is 5.97 Å². The number of carboxylic acids is 1. The van der Waals surface area contributed by atoms with Gasteiger partial charge in [-0.1, -0.05) is 30.9 Å². The number of aliphatic carboxylic acids is 1. The zero-order valence-electron chi connectivity index (χ0n) is 14.9. The Balaban J connectivity index is 1.76. The average molecular weight is 481 g/mol. The number of amides is 1. The fraction of sp³-hybridized carbons (Fsp3) is 0.538. The summed E-state index contributed by atoms with van der Waals surface area (Å²) in [6.07, 6.45) is 0.582. The number of nitrogens with zero attached hydrogens (tertiary/aromatic N) is 5. The summed E-state index contributed by atoms with van der Waals surface area (Å²) in [5.74, 6) is -1.93. The van der Waals surface area contributed by atoms with Gasteiger partial charge in [0.15, 0.2) is 5.88 Å². The van der Waals surface area contributed by atoms with Crippen molar-refractivity contribution in [2.45, 2.75) is 35.8 Å². The average Bonchev–Trinajstić information content (AvgIpc) is 3.08. The van der Waals surface area contributed by atoms with Crippen molar-refractivity contribution in [2.75, 3.05) is 11.5 Å². The first kappa shape index (κ1) is 21.9. The van der Waals surface area contributed by atoms with E-state index in [1.54, 1.807) is 0 Å². The van der Waals surface area contributed by atoms with E-state index < -0.39 is 28.0 Å². The number of thioether (sulfide) groups is 2. The number of thiocarbonyl (C=S) groups is 1. The monoisotopic (exact) mass is 480 g/mol. The fourth-order valence-electron chi connectivity index (χ4n) is 2.76. The molecule has 158 valence electrons. The van der Waals surface area contributed by atoms with Crippen molar-refractivity contribution >= 4 is 62.7 Å². The molecule has 3 heterocycles. The second kappa shape index (κ2) is 8.55. The van der Waals surface area contributed by atoms with Gasteiger partial charge in [0.1, 0.15) is 17.1 Å². The van der Waals surface area contributed by atoms with Gasteiger partial charge in [-0.2, -0.15) is 8.42 Å². The van der Waals surface area contributed by atoms with Crippen LogP contribution in [0.5, 0.6) is 0 Å². The molecule has 0 aromatic carbocycles. The molecule has 0 radical (unpaired) electrons. The molecule has 16 heteroatoms. The van der Waals surface area contributed by atoms with Crippen molar-refractivity contribution in [3.05, 3.63) is 11.3 Å². The number of tetrazole rings is 1. The van der Waals surface area contributed by atoms with Crippen LogP contribution in [0.15, 0.2) is 16.4 Å². The number of carboxylic acid groups (broad SMARTS) is 1. The summed E-state index contributed by atoms with van der Waals surface area (Å²) in [6, 6.07) is -0.557. The SMILES string of the molecule is CCC(=S)NC1C(=O)N2C(C(=O)O)=C(CSc3nnnn3CS(=O)(=O)O)CS[C@H]12. The molecule has 0 aliphatic carbocycles. The number of nitrogens with one attached hydrogen (secondary N) is 1. The Bertz CT molecular complexity index is 992. The first-order valence-corrected chi connectivity index (χ1v) is 12.2. The Morgan fingerprint density at radius 3 is 2.83 bits per heavy atom. The largest absolute Gasteiger partial charge is 0.477 e. The van der Waals surface area contributed by atoms with E-state index in [-0.39, 0.29) is 27.9 Å².